The maximum Gasteiger partial charge on any atom is 0.142 e. The van der Waals surface area contributed by atoms with E-state index in [-0.39, 0.29) is 0 Å². The minimum Gasteiger partial charge on any atom is -0.312 e. The normalized spacial score (nSPS) is 11.8. The third-order valence-electron chi connectivity index (χ3n) is 14.3. The van der Waals surface area contributed by atoms with Crippen molar-refractivity contribution in [2.24, 2.45) is 0 Å². The first-order valence-electron chi connectivity index (χ1n) is 19.7. The number of nitrogens with zero attached hydrogens (tertiary/aromatic N) is 2. The van der Waals surface area contributed by atoms with E-state index >= 15 is 0 Å². The molecule has 0 spiro atoms. The van der Waals surface area contributed by atoms with Crippen LogP contribution in [-0.4, -0.2) is 135 Å². The van der Waals surface area contributed by atoms with Crippen LogP contribution >= 0.6 is 0 Å². The predicted molar refractivity (Wildman–Crippen MR) is 291 cm³/mol. The minimum absolute atomic E-state index is 1.21. The fourth-order valence-corrected chi connectivity index (χ4v) is 9.95. The quantitative estimate of drug-likeness (QED) is 0.165. The van der Waals surface area contributed by atoms with E-state index in [1.807, 2.05) is 0 Å². The molecular formula is C36H40B16N2. The Balaban J connectivity index is 1.62. The van der Waals surface area contributed by atoms with Crippen LogP contribution in [-0.2, 0) is 0 Å². The molecule has 6 aromatic carbocycles. The van der Waals surface area contributed by atoms with Crippen LogP contribution in [0.4, 0.5) is 0 Å². The topological polar surface area (TPSA) is 9.86 Å². The fourth-order valence-electron chi connectivity index (χ4n) is 9.95. The first-order chi connectivity index (χ1) is 25.5. The summed E-state index contributed by atoms with van der Waals surface area (Å²) in [7, 11) is 37.3. The lowest BCUT2D eigenvalue weighted by atomic mass is 9.63. The first-order valence-corrected chi connectivity index (χ1v) is 19.7. The second-order valence-corrected chi connectivity index (χ2v) is 16.7. The average molecular weight is 674 g/mol. The molecule has 0 unspecified atom stereocenters. The molecule has 8 aromatic rings. The molecule has 0 saturated carbocycles. The highest BCUT2D eigenvalue weighted by Gasteiger charge is 2.28. The van der Waals surface area contributed by atoms with Gasteiger partial charge in [-0.2, -0.15) is 0 Å². The molecule has 0 atom stereocenters. The van der Waals surface area contributed by atoms with E-state index in [0.717, 1.165) is 0 Å². The summed E-state index contributed by atoms with van der Waals surface area (Å²) in [5.74, 6) is 0. The van der Waals surface area contributed by atoms with Gasteiger partial charge < -0.3 is 9.13 Å². The molecule has 2 aromatic heterocycles. The molecule has 8 rings (SSSR count). The molecule has 18 heteroatoms. The molecule has 0 radical (unpaired) electrons. The molecule has 0 aliphatic rings. The van der Waals surface area contributed by atoms with Gasteiger partial charge in [0.15, 0.2) is 0 Å². The van der Waals surface area contributed by atoms with Crippen molar-refractivity contribution in [3.05, 3.63) is 48.5 Å². The van der Waals surface area contributed by atoms with Gasteiger partial charge in [-0.25, -0.2) is 0 Å². The Kier molecular flexibility index (Phi) is 8.72. The van der Waals surface area contributed by atoms with Crippen molar-refractivity contribution in [3.63, 3.8) is 0 Å². The molecule has 242 valence electrons. The van der Waals surface area contributed by atoms with Gasteiger partial charge in [0.25, 0.3) is 0 Å². The van der Waals surface area contributed by atoms with Crippen LogP contribution in [0.1, 0.15) is 0 Å². The van der Waals surface area contributed by atoms with E-state index in [1.54, 1.807) is 0 Å². The van der Waals surface area contributed by atoms with Crippen molar-refractivity contribution in [1.29, 1.82) is 0 Å². The Hall–Kier alpha value is -4.04. The zero-order valence-corrected chi connectivity index (χ0v) is 35.5. The van der Waals surface area contributed by atoms with Crippen LogP contribution in [0.25, 0.3) is 66.1 Å². The Labute approximate surface area is 335 Å². The summed E-state index contributed by atoms with van der Waals surface area (Å²) < 4.78 is 5.31. The molecule has 0 bridgehead atoms. The van der Waals surface area contributed by atoms with E-state index in [2.05, 4.69) is 183 Å². The summed E-state index contributed by atoms with van der Waals surface area (Å²) in [6.45, 7) is 0. The largest absolute Gasteiger partial charge is 0.312 e. The van der Waals surface area contributed by atoms with E-state index in [0.29, 0.717) is 0 Å². The van der Waals surface area contributed by atoms with Gasteiger partial charge in [-0.15, -0.1) is 16.4 Å². The second-order valence-electron chi connectivity index (χ2n) is 16.7. The zero-order valence-electron chi connectivity index (χ0n) is 35.5. The number of rotatable bonds is 3. The molecule has 2 heterocycles. The summed E-state index contributed by atoms with van der Waals surface area (Å²) in [5.41, 5.74) is 32.4. The van der Waals surface area contributed by atoms with Crippen molar-refractivity contribution in [3.8, 4) is 22.5 Å². The summed E-state index contributed by atoms with van der Waals surface area (Å²) in [6.07, 6.45) is 0. The SMILES string of the molecule is Bc1ccc(-c2cccc(-n3c4c(B)c(B)c(B)c(B)c4c4c(B)c(-n5c6c(B)c(B)c(B)c(B)c6c6c(B)c(B)c(B)c(B)c65)c(B)c(B)c43)c2)cc1. The molecular weight excluding hydrogens is 633 g/mol. The van der Waals surface area contributed by atoms with Gasteiger partial charge in [0.05, 0.1) is 0 Å². The Morgan fingerprint density at radius 2 is 0.667 bits per heavy atom. The average Bonchev–Trinajstić information content (AvgIpc) is 3.71. The van der Waals surface area contributed by atoms with Gasteiger partial charge in [0.1, 0.15) is 126 Å². The highest BCUT2D eigenvalue weighted by atomic mass is 15.0. The maximum atomic E-state index is 2.70. The van der Waals surface area contributed by atoms with Crippen LogP contribution in [0.3, 0.4) is 0 Å². The lowest BCUT2D eigenvalue weighted by Crippen LogP contribution is -2.49. The molecule has 0 N–H and O–H groups in total. The standard InChI is InChI=1S/C36H40B16N2/c37-11-6-4-9(5-7-11)10-2-1-3-12(8-10)53-32-15(19(40)23(44)24(45)27(32)48)16-20(41)36(31(52)30(51)33(16)53)54-34-13(17(38)21(42)25(46)28(34)49)14-18(39)22(43)26(47)29(50)35(14)54/h1-8H,37-52H2. The van der Waals surface area contributed by atoms with Crippen LogP contribution in [0.2, 0.25) is 0 Å². The lowest BCUT2D eigenvalue weighted by Gasteiger charge is -2.23. The summed E-state index contributed by atoms with van der Waals surface area (Å²) >= 11 is 0. The molecule has 0 fully saturated rings. The number of hydrogen-bond acceptors (Lipinski definition) is 0. The Morgan fingerprint density at radius 1 is 0.296 bits per heavy atom. The van der Waals surface area contributed by atoms with Gasteiger partial charge in [-0.3, -0.25) is 0 Å². The van der Waals surface area contributed by atoms with E-state index in [9.17, 15) is 0 Å². The highest BCUT2D eigenvalue weighted by molar-refractivity contribution is 6.73. The molecule has 2 nitrogen and oxygen atoms in total. The minimum atomic E-state index is 1.21. The second kappa shape index (κ2) is 12.8. The van der Waals surface area contributed by atoms with Gasteiger partial charge in [-0.1, -0.05) is 107 Å². The third kappa shape index (κ3) is 4.83. The third-order valence-corrected chi connectivity index (χ3v) is 14.3. The highest BCUT2D eigenvalue weighted by Crippen LogP contribution is 2.32. The molecule has 0 amide bonds. The first kappa shape index (κ1) is 36.9. The molecule has 54 heavy (non-hydrogen) atoms. The number of aromatic nitrogens is 2. The fraction of sp³-hybridized carbons (Fsp3) is 0. The van der Waals surface area contributed by atoms with Gasteiger partial charge in [0.2, 0.25) is 0 Å². The Morgan fingerprint density at radius 3 is 1.11 bits per heavy atom. The lowest BCUT2D eigenvalue weighted by molar-refractivity contribution is 1.19. The Bertz CT molecular complexity index is 2920. The van der Waals surface area contributed by atoms with Crippen LogP contribution in [0.15, 0.2) is 48.5 Å². The van der Waals surface area contributed by atoms with Crippen LogP contribution < -0.4 is 87.4 Å². The molecule has 0 aliphatic carbocycles. The van der Waals surface area contributed by atoms with Gasteiger partial charge in [0, 0.05) is 38.8 Å². The summed E-state index contributed by atoms with van der Waals surface area (Å²) in [4.78, 5) is 0. The predicted octanol–water partition coefficient (Wildman–Crippen LogP) is -18.3. The van der Waals surface area contributed by atoms with Crippen molar-refractivity contribution in [2.75, 3.05) is 0 Å². The maximum absolute atomic E-state index is 2.70. The van der Waals surface area contributed by atoms with Crippen molar-refractivity contribution in [1.82, 2.24) is 9.13 Å². The van der Waals surface area contributed by atoms with E-state index in [1.165, 1.54) is 154 Å². The van der Waals surface area contributed by atoms with E-state index in [4.69, 9.17) is 0 Å². The van der Waals surface area contributed by atoms with E-state index < -0.39 is 0 Å². The van der Waals surface area contributed by atoms with Gasteiger partial charge >= 0.3 is 0 Å². The smallest absolute Gasteiger partial charge is 0.142 e. The summed E-state index contributed by atoms with van der Waals surface area (Å²) in [6, 6.07) is 18.1. The molecule has 0 saturated heterocycles. The van der Waals surface area contributed by atoms with Crippen molar-refractivity contribution >= 4 is 257 Å². The summed E-state index contributed by atoms with van der Waals surface area (Å²) in [5, 5.41) is 5.59. The van der Waals surface area contributed by atoms with Crippen molar-refractivity contribution in [2.45, 2.75) is 0 Å². The van der Waals surface area contributed by atoms with Crippen molar-refractivity contribution < 1.29 is 0 Å². The zero-order chi connectivity index (χ0) is 39.0. The monoisotopic (exact) mass is 676 g/mol. The number of hydrogen-bond donors (Lipinski definition) is 0. The van der Waals surface area contributed by atoms with Gasteiger partial charge in [-0.05, 0) is 39.4 Å². The molecule has 0 aliphatic heterocycles. The van der Waals surface area contributed by atoms with Crippen LogP contribution in [0, 0.1) is 0 Å². The van der Waals surface area contributed by atoms with Crippen LogP contribution in [0.5, 0.6) is 0 Å². The number of benzene rings is 6. The number of fused-ring (bicyclic) bond motifs is 6.